The maximum Gasteiger partial charge on any atom is -1.00 e. The Labute approximate surface area is 252 Å². The molecule has 0 heterocycles. The molecule has 3 aliphatic carbocycles. The molecule has 0 unspecified atom stereocenters. The maximum atomic E-state index is 2.63. The summed E-state index contributed by atoms with van der Waals surface area (Å²) in [6.45, 7) is 0. The van der Waals surface area contributed by atoms with Gasteiger partial charge in [-0.1, -0.05) is 0 Å². The molecule has 1 saturated carbocycles. The quantitative estimate of drug-likeness (QED) is 0.288. The van der Waals surface area contributed by atoms with Crippen molar-refractivity contribution in [2.45, 2.75) is 44.9 Å². The van der Waals surface area contributed by atoms with E-state index in [-0.39, 0.29) is 24.8 Å². The third-order valence-corrected chi connectivity index (χ3v) is 16.3. The molecule has 0 nitrogen and oxygen atoms in total. The molecule has 0 aromatic heterocycles. The summed E-state index contributed by atoms with van der Waals surface area (Å²) in [6, 6.07) is 34.3. The smallest absolute Gasteiger partial charge is 1.00 e. The molecule has 4 aromatic rings. The van der Waals surface area contributed by atoms with Gasteiger partial charge in [0.15, 0.2) is 0 Å². The second-order valence-corrected chi connectivity index (χ2v) is 17.2. The molecule has 0 atom stereocenters. The minimum absolute atomic E-state index is 0. The summed E-state index contributed by atoms with van der Waals surface area (Å²) >= 11 is -2.18. The van der Waals surface area contributed by atoms with Crippen LogP contribution in [0.1, 0.15) is 49.7 Å². The van der Waals surface area contributed by atoms with Gasteiger partial charge < -0.3 is 24.8 Å². The maximum absolute atomic E-state index is 2.63. The average molecular weight is 627 g/mol. The number of benzene rings is 4. The Hall–Kier alpha value is -2.31. The van der Waals surface area contributed by atoms with E-state index in [1.807, 2.05) is 3.21 Å². The molecule has 0 radical (unpaired) electrons. The van der Waals surface area contributed by atoms with Crippen LogP contribution in [0.4, 0.5) is 0 Å². The van der Waals surface area contributed by atoms with Crippen LogP contribution in [0.25, 0.3) is 33.4 Å². The minimum Gasteiger partial charge on any atom is -1.00 e. The zero-order valence-corrected chi connectivity index (χ0v) is 26.1. The number of hydrogen-bond donors (Lipinski definition) is 0. The molecule has 194 valence electrons. The Morgan fingerprint density at radius 3 is 1.92 bits per heavy atom. The molecule has 4 aromatic carbocycles. The first-order valence-corrected chi connectivity index (χ1v) is 17.5. The van der Waals surface area contributed by atoms with Crippen molar-refractivity contribution in [3.8, 4) is 33.4 Å². The summed E-state index contributed by atoms with van der Waals surface area (Å²) in [7, 11) is 0. The van der Waals surface area contributed by atoms with Gasteiger partial charge in [0.05, 0.1) is 0 Å². The van der Waals surface area contributed by atoms with Crippen molar-refractivity contribution in [2.75, 3.05) is 0 Å². The summed E-state index contributed by atoms with van der Waals surface area (Å²) < 4.78 is 5.49. The van der Waals surface area contributed by atoms with E-state index < -0.39 is 21.3 Å². The van der Waals surface area contributed by atoms with Crippen LogP contribution in [0.15, 0.2) is 113 Å². The average Bonchev–Trinajstić information content (AvgIpc) is 3.63. The van der Waals surface area contributed by atoms with Crippen molar-refractivity contribution in [2.24, 2.45) is 0 Å². The molecule has 0 bridgehead atoms. The van der Waals surface area contributed by atoms with Gasteiger partial charge in [-0.05, 0) is 0 Å². The van der Waals surface area contributed by atoms with Crippen molar-refractivity contribution < 1.29 is 46.1 Å². The molecule has 0 N–H and O–H groups in total. The van der Waals surface area contributed by atoms with E-state index in [0.29, 0.717) is 0 Å². The van der Waals surface area contributed by atoms with Gasteiger partial charge in [-0.25, -0.2) is 0 Å². The van der Waals surface area contributed by atoms with Gasteiger partial charge in [0.1, 0.15) is 0 Å². The second kappa shape index (κ2) is 12.5. The Bertz CT molecular complexity index is 1570. The van der Waals surface area contributed by atoms with Crippen molar-refractivity contribution >= 4 is 6.48 Å². The van der Waals surface area contributed by atoms with Gasteiger partial charge in [0.25, 0.3) is 0 Å². The van der Waals surface area contributed by atoms with Gasteiger partial charge in [-0.2, -0.15) is 0 Å². The Balaban J connectivity index is 0.00000154. The van der Waals surface area contributed by atoms with E-state index in [2.05, 4.69) is 109 Å². The van der Waals surface area contributed by atoms with E-state index in [0.717, 1.165) is 6.42 Å². The topological polar surface area (TPSA) is 0 Å². The Kier molecular flexibility index (Phi) is 9.03. The van der Waals surface area contributed by atoms with E-state index in [4.69, 9.17) is 0 Å². The fraction of sp³-hybridized carbons (Fsp3) is 0.194. The predicted molar refractivity (Wildman–Crippen MR) is 155 cm³/mol. The Morgan fingerprint density at radius 1 is 0.590 bits per heavy atom. The van der Waals surface area contributed by atoms with Crippen LogP contribution < -0.4 is 28.1 Å². The molecule has 1 fully saturated rings. The van der Waals surface area contributed by atoms with Crippen LogP contribution in [0.5, 0.6) is 0 Å². The third kappa shape index (κ3) is 5.52. The van der Waals surface area contributed by atoms with Gasteiger partial charge in [-0.15, -0.1) is 0 Å². The number of rotatable bonds is 4. The van der Waals surface area contributed by atoms with Gasteiger partial charge >= 0.3 is 230 Å². The molecular weight excluding hydrogens is 595 g/mol. The molecule has 39 heavy (non-hydrogen) atoms. The minimum atomic E-state index is -2.18. The fourth-order valence-electron chi connectivity index (χ4n) is 6.56. The first kappa shape index (κ1) is 28.2. The molecule has 0 spiro atoms. The molecule has 0 amide bonds. The molecule has 3 aliphatic rings. The van der Waals surface area contributed by atoms with Gasteiger partial charge in [0, 0.05) is 0 Å². The van der Waals surface area contributed by atoms with Crippen LogP contribution >= 0.6 is 0 Å². The largest absolute Gasteiger partial charge is 1.00 e. The first-order valence-electron chi connectivity index (χ1n) is 13.8. The molecule has 7 rings (SSSR count). The first-order chi connectivity index (χ1) is 18.3. The van der Waals surface area contributed by atoms with E-state index >= 15 is 0 Å². The Morgan fingerprint density at radius 2 is 1.26 bits per heavy atom. The number of hydrogen-bond acceptors (Lipinski definition) is 0. The molecule has 0 aliphatic heterocycles. The van der Waals surface area contributed by atoms with E-state index in [9.17, 15) is 0 Å². The van der Waals surface area contributed by atoms with Crippen molar-refractivity contribution in [3.63, 3.8) is 0 Å². The predicted octanol–water partition coefficient (Wildman–Crippen LogP) is 2.82. The normalized spacial score (nSPS) is 14.8. The van der Waals surface area contributed by atoms with E-state index in [1.54, 1.807) is 12.1 Å². The van der Waals surface area contributed by atoms with Gasteiger partial charge in [0.2, 0.25) is 0 Å². The molecule has 0 saturated heterocycles. The standard InChI is InChI=1S/C25H17.C6H10.C5H5.2ClH.Zr/c1-3-7-18(8-4-1)20-11-13-22-15-23-14-12-21(17-25(23)24(22)16-20)19-9-5-2-6-10-19;1-2-4-6-5-3-1;1-2-4-5-3-1;;;/h1-13,16-17H,15H2;1-5H2;1-3H,4H2;2*1H;/q;;;;;+2/p-2. The molecular formula is C36H32Cl2Zr. The summed E-state index contributed by atoms with van der Waals surface area (Å²) in [5, 5.41) is 0. The summed E-state index contributed by atoms with van der Waals surface area (Å²) in [6.07, 6.45) is 16.4. The van der Waals surface area contributed by atoms with Crippen LogP contribution in [-0.4, -0.2) is 3.21 Å². The van der Waals surface area contributed by atoms with Crippen molar-refractivity contribution in [1.29, 1.82) is 0 Å². The number of halogens is 2. The summed E-state index contributed by atoms with van der Waals surface area (Å²) in [4.78, 5) is 0. The van der Waals surface area contributed by atoms with Crippen molar-refractivity contribution in [1.82, 2.24) is 0 Å². The van der Waals surface area contributed by atoms with Crippen molar-refractivity contribution in [3.05, 3.63) is 124 Å². The fourth-order valence-corrected chi connectivity index (χ4v) is 15.0. The number of fused-ring (bicyclic) bond motifs is 3. The zero-order valence-electron chi connectivity index (χ0n) is 22.1. The second-order valence-electron chi connectivity index (χ2n) is 10.7. The van der Waals surface area contributed by atoms with E-state index in [1.165, 1.54) is 77.5 Å². The summed E-state index contributed by atoms with van der Waals surface area (Å²) in [5.74, 6) is 0. The SMILES string of the molecule is C1=CC[C]([Zr+2](=[C]2CCCCC2)[c]2cc(-c3ccccc3)cc3c2Cc2ccc(-c4ccccc4)cc2-3)=C1.[Cl-].[Cl-]. The zero-order chi connectivity index (χ0) is 24.6. The third-order valence-electron chi connectivity index (χ3n) is 8.40. The van der Waals surface area contributed by atoms with Crippen LogP contribution in [0.3, 0.4) is 0 Å². The van der Waals surface area contributed by atoms with Crippen LogP contribution in [0.2, 0.25) is 0 Å². The summed E-state index contributed by atoms with van der Waals surface area (Å²) in [5.41, 5.74) is 11.4. The van der Waals surface area contributed by atoms with Gasteiger partial charge in [-0.3, -0.25) is 0 Å². The monoisotopic (exact) mass is 624 g/mol. The number of allylic oxidation sites excluding steroid dienone is 4. The molecule has 3 heteroatoms. The van der Waals surface area contributed by atoms with Crippen LogP contribution in [-0.2, 0) is 27.7 Å². The van der Waals surface area contributed by atoms with Crippen LogP contribution in [0, 0.1) is 0 Å².